The van der Waals surface area contributed by atoms with Crippen molar-refractivity contribution < 1.29 is 9.18 Å². The van der Waals surface area contributed by atoms with Gasteiger partial charge < -0.3 is 20.4 Å². The predicted octanol–water partition coefficient (Wildman–Crippen LogP) is 6.37. The molecule has 7 rings (SSSR count). The molecule has 2 aliphatic carbocycles. The molecule has 47 heavy (non-hydrogen) atoms. The van der Waals surface area contributed by atoms with Crippen LogP contribution in [0.1, 0.15) is 55.7 Å². The lowest BCUT2D eigenvalue weighted by atomic mass is 9.90. The fraction of sp³-hybridized carbons (Fsp3) is 0.444. The van der Waals surface area contributed by atoms with Crippen LogP contribution in [0.15, 0.2) is 47.4 Å². The molecule has 3 fully saturated rings. The Bertz CT molecular complexity index is 1890. The molecule has 1 saturated heterocycles. The zero-order chi connectivity index (χ0) is 32.8. The van der Waals surface area contributed by atoms with E-state index in [2.05, 4.69) is 51.5 Å². The number of amides is 1. The van der Waals surface area contributed by atoms with E-state index in [4.69, 9.17) is 16.6 Å². The molecule has 4 aromatic rings. The number of hydrogen-bond donors (Lipinski definition) is 2. The summed E-state index contributed by atoms with van der Waals surface area (Å²) in [5, 5.41) is 7.20. The minimum atomic E-state index is -0.578. The summed E-state index contributed by atoms with van der Waals surface area (Å²) in [6.07, 6.45) is 6.58. The van der Waals surface area contributed by atoms with E-state index in [-0.39, 0.29) is 34.5 Å². The van der Waals surface area contributed by atoms with E-state index in [1.165, 1.54) is 11.8 Å². The average molecular weight is 658 g/mol. The van der Waals surface area contributed by atoms with Crippen LogP contribution in [-0.4, -0.2) is 64.6 Å². The molecule has 0 spiro atoms. The lowest BCUT2D eigenvalue weighted by Crippen LogP contribution is -2.44. The molecule has 0 atom stereocenters. The number of carbonyl (C=O) groups excluding carboxylic acids is 1. The van der Waals surface area contributed by atoms with Gasteiger partial charge in [0.25, 0.3) is 5.56 Å². The van der Waals surface area contributed by atoms with Crippen molar-refractivity contribution in [1.82, 2.24) is 24.8 Å². The topological polar surface area (TPSA) is 95.4 Å². The van der Waals surface area contributed by atoms with Gasteiger partial charge in [0, 0.05) is 72.7 Å². The van der Waals surface area contributed by atoms with Gasteiger partial charge in [0.15, 0.2) is 0 Å². The van der Waals surface area contributed by atoms with E-state index in [9.17, 15) is 14.0 Å². The summed E-state index contributed by atoms with van der Waals surface area (Å²) < 4.78 is 16.4. The summed E-state index contributed by atoms with van der Waals surface area (Å²) in [4.78, 5) is 41.3. The van der Waals surface area contributed by atoms with Crippen LogP contribution in [0.25, 0.3) is 22.2 Å². The molecule has 1 aliphatic heterocycles. The molecule has 2 aromatic heterocycles. The van der Waals surface area contributed by atoms with Gasteiger partial charge in [-0.25, -0.2) is 9.37 Å². The van der Waals surface area contributed by atoms with Crippen molar-refractivity contribution in [3.05, 3.63) is 74.9 Å². The Morgan fingerprint density at radius 1 is 1.00 bits per heavy atom. The van der Waals surface area contributed by atoms with Crippen LogP contribution in [0, 0.1) is 25.6 Å². The number of carbonyl (C=O) groups is 1. The summed E-state index contributed by atoms with van der Waals surface area (Å²) >= 11 is 6.44. The number of likely N-dealkylation sites (N-methyl/N-ethyl adjacent to an activating group) is 1. The van der Waals surface area contributed by atoms with Crippen molar-refractivity contribution in [3.63, 3.8) is 0 Å². The highest BCUT2D eigenvalue weighted by Gasteiger charge is 2.33. The first kappa shape index (κ1) is 31.6. The van der Waals surface area contributed by atoms with Crippen LogP contribution >= 0.6 is 11.6 Å². The molecule has 0 unspecified atom stereocenters. The Morgan fingerprint density at radius 2 is 1.74 bits per heavy atom. The quantitative estimate of drug-likeness (QED) is 0.238. The molecule has 2 N–H and O–H groups in total. The zero-order valence-electron chi connectivity index (χ0n) is 27.2. The Labute approximate surface area is 279 Å². The lowest BCUT2D eigenvalue weighted by Gasteiger charge is -2.35. The van der Waals surface area contributed by atoms with E-state index < -0.39 is 5.82 Å². The van der Waals surface area contributed by atoms with Gasteiger partial charge in [0.1, 0.15) is 11.5 Å². The second-order valence-electron chi connectivity index (χ2n) is 13.4. The summed E-state index contributed by atoms with van der Waals surface area (Å²) in [6, 6.07) is 10.8. The van der Waals surface area contributed by atoms with E-state index in [0.717, 1.165) is 63.1 Å². The minimum Gasteiger partial charge on any atom is -0.369 e. The predicted molar refractivity (Wildman–Crippen MR) is 185 cm³/mol. The van der Waals surface area contributed by atoms with Crippen molar-refractivity contribution >= 4 is 45.9 Å². The van der Waals surface area contributed by atoms with Crippen molar-refractivity contribution in [3.8, 4) is 11.1 Å². The zero-order valence-corrected chi connectivity index (χ0v) is 27.9. The minimum absolute atomic E-state index is 0.0836. The van der Waals surface area contributed by atoms with Crippen LogP contribution < -0.4 is 21.1 Å². The van der Waals surface area contributed by atoms with Gasteiger partial charge in [0.05, 0.1) is 10.6 Å². The Morgan fingerprint density at radius 3 is 2.45 bits per heavy atom. The molecule has 2 aromatic carbocycles. The van der Waals surface area contributed by atoms with Gasteiger partial charge in [-0.05, 0) is 94.8 Å². The van der Waals surface area contributed by atoms with Crippen LogP contribution in [0.3, 0.4) is 0 Å². The number of halogens is 2. The average Bonchev–Trinajstić information content (AvgIpc) is 3.91. The molecule has 3 aliphatic rings. The first-order valence-corrected chi connectivity index (χ1v) is 17.0. The summed E-state index contributed by atoms with van der Waals surface area (Å²) in [5.41, 5.74) is 4.87. The summed E-state index contributed by atoms with van der Waals surface area (Å²) in [7, 11) is 2.15. The lowest BCUT2D eigenvalue weighted by molar-refractivity contribution is -0.123. The molecule has 246 valence electrons. The Balaban J connectivity index is 1.24. The smallest absolute Gasteiger partial charge is 0.260 e. The number of fused-ring (bicyclic) bond motifs is 1. The number of nitrogens with one attached hydrogen (secondary N) is 2. The fourth-order valence-electron chi connectivity index (χ4n) is 7.15. The number of anilines is 3. The first-order chi connectivity index (χ1) is 22.7. The highest BCUT2D eigenvalue weighted by molar-refractivity contribution is 6.33. The van der Waals surface area contributed by atoms with Crippen molar-refractivity contribution in [2.45, 2.75) is 64.5 Å². The maximum atomic E-state index is 14.6. The van der Waals surface area contributed by atoms with Gasteiger partial charge >= 0.3 is 0 Å². The van der Waals surface area contributed by atoms with E-state index in [1.807, 2.05) is 13.0 Å². The van der Waals surface area contributed by atoms with Gasteiger partial charge in [0.2, 0.25) is 11.9 Å². The van der Waals surface area contributed by atoms with E-state index >= 15 is 0 Å². The highest BCUT2D eigenvalue weighted by atomic mass is 35.5. The standard InChI is InChI=1S/C36H41ClFN7O2/c1-21-19-25(11-14-30(21)44-17-15-43(3)16-18-44)41-36-39-20-28-22(2)31(27-5-4-6-29(38)32(27)37)35(47)45(33(28)42-36)26-12-9-24(10-13-26)40-34(46)23-7-8-23/h4-6,11,14,19-20,23-24,26H,7-10,12-13,15-18H2,1-3H3,(H,40,46)(H,39,41,42). The number of benzene rings is 2. The number of nitrogens with zero attached hydrogens (tertiary/aromatic N) is 5. The molecule has 0 bridgehead atoms. The highest BCUT2D eigenvalue weighted by Crippen LogP contribution is 2.37. The summed E-state index contributed by atoms with van der Waals surface area (Å²) in [6.45, 7) is 8.01. The second kappa shape index (κ2) is 12.9. The number of rotatable bonds is 7. The molecule has 2 saturated carbocycles. The van der Waals surface area contributed by atoms with Crippen LogP contribution in [0.2, 0.25) is 5.02 Å². The van der Waals surface area contributed by atoms with Crippen molar-refractivity contribution in [1.29, 1.82) is 0 Å². The van der Waals surface area contributed by atoms with E-state index in [0.29, 0.717) is 46.5 Å². The normalized spacial score (nSPS) is 20.4. The van der Waals surface area contributed by atoms with Gasteiger partial charge in [-0.3, -0.25) is 14.2 Å². The Hall–Kier alpha value is -4.02. The van der Waals surface area contributed by atoms with Crippen LogP contribution in [0.5, 0.6) is 0 Å². The van der Waals surface area contributed by atoms with E-state index in [1.54, 1.807) is 22.9 Å². The van der Waals surface area contributed by atoms with Crippen LogP contribution in [0.4, 0.5) is 21.7 Å². The number of hydrogen-bond acceptors (Lipinski definition) is 7. The van der Waals surface area contributed by atoms with Crippen molar-refractivity contribution in [2.75, 3.05) is 43.4 Å². The largest absolute Gasteiger partial charge is 0.369 e. The van der Waals surface area contributed by atoms with Gasteiger partial charge in [-0.1, -0.05) is 23.7 Å². The molecule has 1 amide bonds. The molecule has 3 heterocycles. The maximum Gasteiger partial charge on any atom is 0.260 e. The molecule has 0 radical (unpaired) electrons. The third kappa shape index (κ3) is 6.33. The van der Waals surface area contributed by atoms with Crippen molar-refractivity contribution in [2.24, 2.45) is 5.92 Å². The Kier molecular flexibility index (Phi) is 8.65. The van der Waals surface area contributed by atoms with Crippen LogP contribution in [-0.2, 0) is 4.79 Å². The number of aryl methyl sites for hydroxylation is 2. The SMILES string of the molecule is Cc1cc(Nc2ncc3c(C)c(-c4cccc(F)c4Cl)c(=O)n(C4CCC(NC(=O)C5CC5)CC4)c3n2)ccc1N1CCN(C)CC1. The van der Waals surface area contributed by atoms with Gasteiger partial charge in [-0.15, -0.1) is 0 Å². The number of pyridine rings is 1. The molecule has 9 nitrogen and oxygen atoms in total. The second-order valence-corrected chi connectivity index (χ2v) is 13.8. The maximum absolute atomic E-state index is 14.6. The first-order valence-electron chi connectivity index (χ1n) is 16.7. The molecular formula is C36H41ClFN7O2. The third-order valence-corrected chi connectivity index (χ3v) is 10.5. The molecular weight excluding hydrogens is 617 g/mol. The van der Waals surface area contributed by atoms with Gasteiger partial charge in [-0.2, -0.15) is 4.98 Å². The molecule has 11 heteroatoms. The summed E-state index contributed by atoms with van der Waals surface area (Å²) in [5.74, 6) is 0.110. The monoisotopic (exact) mass is 657 g/mol. The number of aromatic nitrogens is 3. The third-order valence-electron chi connectivity index (χ3n) is 10.1. The fourth-order valence-corrected chi connectivity index (χ4v) is 7.37. The number of piperazine rings is 1.